The zero-order valence-corrected chi connectivity index (χ0v) is 14.5. The van der Waals surface area contributed by atoms with E-state index < -0.39 is 0 Å². The monoisotopic (exact) mass is 315 g/mol. The summed E-state index contributed by atoms with van der Waals surface area (Å²) in [7, 11) is 0. The molecule has 0 unspecified atom stereocenters. The number of hydrogen-bond donors (Lipinski definition) is 1. The molecule has 2 N–H and O–H groups in total. The topological polar surface area (TPSA) is 60.2 Å². The van der Waals surface area contributed by atoms with Gasteiger partial charge < -0.3 is 5.73 Å². The predicted molar refractivity (Wildman–Crippen MR) is 92.9 cm³/mol. The summed E-state index contributed by atoms with van der Waals surface area (Å²) in [5.74, 6) is 1.98. The Labute approximate surface area is 139 Å². The molecule has 0 radical (unpaired) electrons. The first-order valence-corrected chi connectivity index (χ1v) is 8.75. The molecule has 3 nitrogen and oxygen atoms in total. The highest BCUT2D eigenvalue weighted by Gasteiger charge is 2.34. The number of rotatable bonds is 6. The third-order valence-corrected chi connectivity index (χ3v) is 5.22. The Hall–Kier alpha value is -1.64. The van der Waals surface area contributed by atoms with Gasteiger partial charge in [-0.05, 0) is 41.7 Å². The van der Waals surface area contributed by atoms with Gasteiger partial charge >= 0.3 is 0 Å². The number of ketones is 1. The van der Waals surface area contributed by atoms with Crippen LogP contribution in [-0.2, 0) is 22.4 Å². The summed E-state index contributed by atoms with van der Waals surface area (Å²) >= 11 is 0. The van der Waals surface area contributed by atoms with Gasteiger partial charge in [0.2, 0.25) is 5.91 Å². The largest absolute Gasteiger partial charge is 0.369 e. The zero-order valence-electron chi connectivity index (χ0n) is 14.5. The molecule has 0 aliphatic heterocycles. The minimum atomic E-state index is -0.329. The number of nitrogens with two attached hydrogens (primary N) is 1. The van der Waals surface area contributed by atoms with E-state index in [4.69, 9.17) is 5.73 Å². The second-order valence-corrected chi connectivity index (χ2v) is 7.54. The number of benzene rings is 1. The second kappa shape index (κ2) is 7.76. The molecule has 23 heavy (non-hydrogen) atoms. The Morgan fingerprint density at radius 1 is 1.09 bits per heavy atom. The van der Waals surface area contributed by atoms with Crippen molar-refractivity contribution < 1.29 is 9.59 Å². The van der Waals surface area contributed by atoms with Crippen LogP contribution in [-0.4, -0.2) is 11.7 Å². The average molecular weight is 315 g/mol. The summed E-state index contributed by atoms with van der Waals surface area (Å²) in [5.41, 5.74) is 7.14. The molecule has 1 aromatic carbocycles. The van der Waals surface area contributed by atoms with E-state index in [9.17, 15) is 9.59 Å². The molecular formula is C20H29NO2. The molecule has 3 atom stereocenters. The van der Waals surface area contributed by atoms with Crippen LogP contribution in [0.1, 0.15) is 51.2 Å². The van der Waals surface area contributed by atoms with E-state index in [1.165, 1.54) is 12.8 Å². The van der Waals surface area contributed by atoms with Gasteiger partial charge in [-0.15, -0.1) is 0 Å². The molecule has 0 saturated heterocycles. The summed E-state index contributed by atoms with van der Waals surface area (Å²) in [5, 5.41) is 0. The molecule has 2 rings (SSSR count). The summed E-state index contributed by atoms with van der Waals surface area (Å²) in [6.07, 6.45) is 4.20. The molecule has 0 bridgehead atoms. The number of Topliss-reactive ketones (excluding diaryl/α,β-unsaturated/α-hetero) is 1. The van der Waals surface area contributed by atoms with Gasteiger partial charge in [-0.2, -0.15) is 0 Å². The fourth-order valence-electron chi connectivity index (χ4n) is 3.88. The molecule has 1 fully saturated rings. The average Bonchev–Trinajstić information content (AvgIpc) is 2.48. The first kappa shape index (κ1) is 17.7. The van der Waals surface area contributed by atoms with Gasteiger partial charge in [0, 0.05) is 12.3 Å². The maximum Gasteiger partial charge on any atom is 0.221 e. The minimum absolute atomic E-state index is 0.198. The number of hydrogen-bond acceptors (Lipinski definition) is 2. The lowest BCUT2D eigenvalue weighted by atomic mass is 9.68. The van der Waals surface area contributed by atoms with E-state index in [1.54, 1.807) is 0 Å². The lowest BCUT2D eigenvalue weighted by molar-refractivity contribution is -0.126. The van der Waals surface area contributed by atoms with Crippen molar-refractivity contribution in [3.05, 3.63) is 35.4 Å². The Bertz CT molecular complexity index is 547. The maximum atomic E-state index is 12.8. The van der Waals surface area contributed by atoms with Crippen molar-refractivity contribution in [3.63, 3.8) is 0 Å². The molecule has 0 heterocycles. The van der Waals surface area contributed by atoms with Crippen LogP contribution >= 0.6 is 0 Å². The number of amides is 1. The molecule has 0 aromatic heterocycles. The molecule has 1 aliphatic rings. The highest BCUT2D eigenvalue weighted by Crippen LogP contribution is 2.38. The van der Waals surface area contributed by atoms with E-state index >= 15 is 0 Å². The smallest absolute Gasteiger partial charge is 0.221 e. The highest BCUT2D eigenvalue weighted by atomic mass is 16.1. The number of carbonyl (C=O) groups is 2. The standard InChI is InChI=1S/C20H29NO2/c1-13(2)17-9-4-14(3)10-18(17)19(22)11-15-5-7-16(8-6-15)12-20(21)23/h5-8,13-14,17-18H,4,9-12H2,1-3H3,(H2,21,23)/t14-,17+,18-/m1/s1. The van der Waals surface area contributed by atoms with Crippen molar-refractivity contribution in [2.45, 2.75) is 52.9 Å². The quantitative estimate of drug-likeness (QED) is 0.873. The number of primary amides is 1. The van der Waals surface area contributed by atoms with Crippen LogP contribution in [0.2, 0.25) is 0 Å². The van der Waals surface area contributed by atoms with Crippen LogP contribution in [0.4, 0.5) is 0 Å². The third-order valence-electron chi connectivity index (χ3n) is 5.22. The van der Waals surface area contributed by atoms with Crippen LogP contribution in [0, 0.1) is 23.7 Å². The fourth-order valence-corrected chi connectivity index (χ4v) is 3.88. The Morgan fingerprint density at radius 2 is 1.65 bits per heavy atom. The molecule has 3 heteroatoms. The third kappa shape index (κ3) is 4.92. The van der Waals surface area contributed by atoms with Crippen molar-refractivity contribution in [3.8, 4) is 0 Å². The summed E-state index contributed by atoms with van der Waals surface area (Å²) in [4.78, 5) is 23.8. The van der Waals surface area contributed by atoms with Crippen molar-refractivity contribution in [1.82, 2.24) is 0 Å². The van der Waals surface area contributed by atoms with E-state index in [2.05, 4.69) is 20.8 Å². The van der Waals surface area contributed by atoms with Crippen molar-refractivity contribution >= 4 is 11.7 Å². The van der Waals surface area contributed by atoms with Crippen LogP contribution in [0.3, 0.4) is 0 Å². The van der Waals surface area contributed by atoms with Gasteiger partial charge in [-0.1, -0.05) is 51.5 Å². The minimum Gasteiger partial charge on any atom is -0.369 e. The second-order valence-electron chi connectivity index (χ2n) is 7.54. The van der Waals surface area contributed by atoms with Gasteiger partial charge in [0.05, 0.1) is 6.42 Å². The Balaban J connectivity index is 2.03. The summed E-state index contributed by atoms with van der Waals surface area (Å²) in [6.45, 7) is 6.73. The maximum absolute atomic E-state index is 12.8. The normalized spacial score (nSPS) is 24.6. The molecule has 1 amide bonds. The fraction of sp³-hybridized carbons (Fsp3) is 0.600. The molecule has 126 valence electrons. The van der Waals surface area contributed by atoms with Crippen molar-refractivity contribution in [2.75, 3.05) is 0 Å². The van der Waals surface area contributed by atoms with Crippen LogP contribution < -0.4 is 5.73 Å². The molecule has 1 aliphatic carbocycles. The first-order valence-electron chi connectivity index (χ1n) is 8.75. The first-order chi connectivity index (χ1) is 10.9. The summed E-state index contributed by atoms with van der Waals surface area (Å²) in [6, 6.07) is 7.70. The zero-order chi connectivity index (χ0) is 17.0. The van der Waals surface area contributed by atoms with Crippen LogP contribution in [0.25, 0.3) is 0 Å². The lowest BCUT2D eigenvalue weighted by Crippen LogP contribution is -2.34. The molecule has 1 aromatic rings. The molecule has 1 saturated carbocycles. The Kier molecular flexibility index (Phi) is 5.97. The van der Waals surface area contributed by atoms with E-state index in [0.717, 1.165) is 17.5 Å². The van der Waals surface area contributed by atoms with Crippen molar-refractivity contribution in [2.24, 2.45) is 29.4 Å². The van der Waals surface area contributed by atoms with E-state index in [1.807, 2.05) is 24.3 Å². The van der Waals surface area contributed by atoms with Gasteiger partial charge in [-0.25, -0.2) is 0 Å². The van der Waals surface area contributed by atoms with Gasteiger partial charge in [0.1, 0.15) is 5.78 Å². The van der Waals surface area contributed by atoms with Crippen molar-refractivity contribution in [1.29, 1.82) is 0 Å². The van der Waals surface area contributed by atoms with Crippen LogP contribution in [0.15, 0.2) is 24.3 Å². The SMILES string of the molecule is CC(C)[C@@H]1CC[C@@H](C)C[C@H]1C(=O)Cc1ccc(CC(N)=O)cc1. The van der Waals surface area contributed by atoms with Gasteiger partial charge in [-0.3, -0.25) is 9.59 Å². The van der Waals surface area contributed by atoms with E-state index in [0.29, 0.717) is 30.0 Å². The molecular weight excluding hydrogens is 286 g/mol. The van der Waals surface area contributed by atoms with E-state index in [-0.39, 0.29) is 18.2 Å². The van der Waals surface area contributed by atoms with Gasteiger partial charge in [0.25, 0.3) is 0 Å². The Morgan fingerprint density at radius 3 is 2.17 bits per heavy atom. The highest BCUT2D eigenvalue weighted by molar-refractivity contribution is 5.83. The number of carbonyl (C=O) groups excluding carboxylic acids is 2. The predicted octanol–water partition coefficient (Wildman–Crippen LogP) is 3.53. The van der Waals surface area contributed by atoms with Crippen LogP contribution in [0.5, 0.6) is 0 Å². The summed E-state index contributed by atoms with van der Waals surface area (Å²) < 4.78 is 0. The van der Waals surface area contributed by atoms with Gasteiger partial charge in [0.15, 0.2) is 0 Å². The lowest BCUT2D eigenvalue weighted by Gasteiger charge is -2.36. The molecule has 0 spiro atoms.